The van der Waals surface area contributed by atoms with Crippen LogP contribution in [0.1, 0.15) is 45.7 Å². The van der Waals surface area contributed by atoms with Crippen molar-refractivity contribution in [1.29, 1.82) is 0 Å². The summed E-state index contributed by atoms with van der Waals surface area (Å²) in [6, 6.07) is 15.7. The van der Waals surface area contributed by atoms with Crippen molar-refractivity contribution in [1.82, 2.24) is 24.1 Å². The molecule has 0 spiro atoms. The summed E-state index contributed by atoms with van der Waals surface area (Å²) in [4.78, 5) is 42.1. The van der Waals surface area contributed by atoms with E-state index in [0.717, 1.165) is 67.8 Å². The maximum absolute atomic E-state index is 13.6. The molecule has 10 heteroatoms. The third kappa shape index (κ3) is 5.34. The van der Waals surface area contributed by atoms with Gasteiger partial charge in [0.25, 0.3) is 11.8 Å². The molecular formula is C34H35FN6O3. The Hall–Kier alpha value is -4.57. The van der Waals surface area contributed by atoms with Gasteiger partial charge < -0.3 is 14.5 Å². The van der Waals surface area contributed by atoms with Crippen LogP contribution in [0.5, 0.6) is 5.75 Å². The van der Waals surface area contributed by atoms with Crippen LogP contribution in [0.2, 0.25) is 0 Å². The van der Waals surface area contributed by atoms with Gasteiger partial charge in [0.15, 0.2) is 5.69 Å². The zero-order valence-electron chi connectivity index (χ0n) is 24.8. The highest BCUT2D eigenvalue weighted by Gasteiger charge is 2.32. The van der Waals surface area contributed by atoms with Gasteiger partial charge >= 0.3 is 0 Å². The lowest BCUT2D eigenvalue weighted by molar-refractivity contribution is 0.0627. The van der Waals surface area contributed by atoms with Crippen molar-refractivity contribution in [2.75, 3.05) is 45.9 Å². The Bertz CT molecular complexity index is 1740. The average Bonchev–Trinajstić information content (AvgIpc) is 3.65. The van der Waals surface area contributed by atoms with Crippen LogP contribution in [-0.2, 0) is 0 Å². The summed E-state index contributed by atoms with van der Waals surface area (Å²) in [5.74, 6) is 1.03. The number of hydrogen-bond acceptors (Lipinski definition) is 6. The van der Waals surface area contributed by atoms with Crippen LogP contribution in [0.3, 0.4) is 0 Å². The largest absolute Gasteiger partial charge is 0.493 e. The van der Waals surface area contributed by atoms with Crippen LogP contribution in [0, 0.1) is 12.7 Å². The van der Waals surface area contributed by atoms with E-state index in [9.17, 15) is 14.0 Å². The quantitative estimate of drug-likeness (QED) is 0.282. The van der Waals surface area contributed by atoms with Gasteiger partial charge in [-0.25, -0.2) is 9.37 Å². The predicted molar refractivity (Wildman–Crippen MR) is 166 cm³/mol. The van der Waals surface area contributed by atoms with Gasteiger partial charge in [0, 0.05) is 63.3 Å². The van der Waals surface area contributed by atoms with Crippen LogP contribution >= 0.6 is 0 Å². The molecule has 0 N–H and O–H groups in total. The first-order chi connectivity index (χ1) is 21.5. The smallest absolute Gasteiger partial charge is 0.274 e. The number of pyridine rings is 1. The van der Waals surface area contributed by atoms with Crippen LogP contribution in [-0.4, -0.2) is 94.0 Å². The number of carbonyl (C=O) groups excluding carboxylic acids is 2. The van der Waals surface area contributed by atoms with E-state index in [4.69, 9.17) is 9.72 Å². The summed E-state index contributed by atoms with van der Waals surface area (Å²) in [5, 5.41) is 0. The van der Waals surface area contributed by atoms with E-state index < -0.39 is 0 Å². The molecule has 7 rings (SSSR count). The molecule has 0 unspecified atom stereocenters. The first-order valence-electron chi connectivity index (χ1n) is 15.3. The van der Waals surface area contributed by atoms with Crippen molar-refractivity contribution in [3.63, 3.8) is 0 Å². The SMILES string of the molecule is Cc1cc2c(cc1OCCCN1CCN(C(=O)c3nc(-c4ccc(F)cc4)n4ccccc34)CC1)N=C[C@@H]1CCCN1C2=O. The van der Waals surface area contributed by atoms with E-state index in [-0.39, 0.29) is 23.7 Å². The van der Waals surface area contributed by atoms with E-state index in [1.54, 1.807) is 12.1 Å². The second-order valence-electron chi connectivity index (χ2n) is 11.7. The number of piperazine rings is 1. The third-order valence-electron chi connectivity index (χ3n) is 8.86. The fourth-order valence-electron chi connectivity index (χ4n) is 6.42. The molecular weight excluding hydrogens is 559 g/mol. The number of nitrogens with zero attached hydrogens (tertiary/aromatic N) is 6. The number of fused-ring (bicyclic) bond motifs is 3. The summed E-state index contributed by atoms with van der Waals surface area (Å²) in [6.45, 7) is 6.95. The first kappa shape index (κ1) is 28.2. The zero-order valence-corrected chi connectivity index (χ0v) is 24.8. The minimum absolute atomic E-state index is 0.0571. The van der Waals surface area contributed by atoms with Gasteiger partial charge in [-0.1, -0.05) is 6.07 Å². The van der Waals surface area contributed by atoms with Crippen molar-refractivity contribution >= 4 is 29.2 Å². The highest BCUT2D eigenvalue weighted by Crippen LogP contribution is 2.34. The number of halogens is 1. The molecule has 5 heterocycles. The third-order valence-corrected chi connectivity index (χ3v) is 8.86. The van der Waals surface area contributed by atoms with E-state index in [2.05, 4.69) is 9.89 Å². The zero-order chi connectivity index (χ0) is 30.2. The number of rotatable bonds is 7. The summed E-state index contributed by atoms with van der Waals surface area (Å²) >= 11 is 0. The molecule has 2 fully saturated rings. The lowest BCUT2D eigenvalue weighted by Crippen LogP contribution is -2.49. The number of imidazole rings is 1. The number of hydrogen-bond donors (Lipinski definition) is 0. The molecule has 4 aromatic rings. The second kappa shape index (κ2) is 11.8. The molecule has 3 aliphatic heterocycles. The molecule has 2 aromatic heterocycles. The van der Waals surface area contributed by atoms with E-state index in [1.807, 2.05) is 63.9 Å². The number of aryl methyl sites for hydroxylation is 1. The highest BCUT2D eigenvalue weighted by molar-refractivity contribution is 6.03. The van der Waals surface area contributed by atoms with Gasteiger partial charge in [0.1, 0.15) is 17.4 Å². The molecule has 226 valence electrons. The topological polar surface area (TPSA) is 82.8 Å². The highest BCUT2D eigenvalue weighted by atomic mass is 19.1. The molecule has 0 aliphatic carbocycles. The summed E-state index contributed by atoms with van der Waals surface area (Å²) in [6.07, 6.45) is 6.60. The van der Waals surface area contributed by atoms with Gasteiger partial charge in [0.05, 0.1) is 29.4 Å². The Balaban J connectivity index is 0.937. The Morgan fingerprint density at radius 1 is 1.05 bits per heavy atom. The minimum atomic E-state index is -0.313. The van der Waals surface area contributed by atoms with Crippen molar-refractivity contribution in [2.45, 2.75) is 32.2 Å². The number of amides is 2. The van der Waals surface area contributed by atoms with Gasteiger partial charge in [-0.3, -0.25) is 23.9 Å². The maximum Gasteiger partial charge on any atom is 0.274 e. The number of carbonyl (C=O) groups is 2. The van der Waals surface area contributed by atoms with Crippen LogP contribution < -0.4 is 4.74 Å². The molecule has 3 aliphatic rings. The molecule has 1 atom stereocenters. The van der Waals surface area contributed by atoms with Crippen LogP contribution in [0.15, 0.2) is 65.8 Å². The monoisotopic (exact) mass is 594 g/mol. The molecule has 0 bridgehead atoms. The fraction of sp³-hybridized carbons (Fsp3) is 0.353. The number of ether oxygens (including phenoxy) is 1. The van der Waals surface area contributed by atoms with E-state index in [1.165, 1.54) is 12.1 Å². The lowest BCUT2D eigenvalue weighted by Gasteiger charge is -2.34. The molecule has 0 saturated carbocycles. The Morgan fingerprint density at radius 2 is 1.86 bits per heavy atom. The second-order valence-corrected chi connectivity index (χ2v) is 11.7. The normalized spacial score (nSPS) is 18.4. The molecule has 0 radical (unpaired) electrons. The van der Waals surface area contributed by atoms with Crippen molar-refractivity contribution < 1.29 is 18.7 Å². The molecule has 9 nitrogen and oxygen atoms in total. The van der Waals surface area contributed by atoms with E-state index >= 15 is 0 Å². The lowest BCUT2D eigenvalue weighted by atomic mass is 10.1. The fourth-order valence-corrected chi connectivity index (χ4v) is 6.42. The minimum Gasteiger partial charge on any atom is -0.493 e. The van der Waals surface area contributed by atoms with Crippen molar-refractivity contribution in [3.05, 3.63) is 83.4 Å². The van der Waals surface area contributed by atoms with Gasteiger partial charge in [-0.05, 0) is 74.2 Å². The Kier molecular flexibility index (Phi) is 7.59. The number of aromatic nitrogens is 2. The Morgan fingerprint density at radius 3 is 2.68 bits per heavy atom. The van der Waals surface area contributed by atoms with Gasteiger partial charge in [0.2, 0.25) is 0 Å². The number of benzene rings is 2. The van der Waals surface area contributed by atoms with Gasteiger partial charge in [-0.15, -0.1) is 0 Å². The van der Waals surface area contributed by atoms with Crippen LogP contribution in [0.4, 0.5) is 10.1 Å². The summed E-state index contributed by atoms with van der Waals surface area (Å²) in [7, 11) is 0. The summed E-state index contributed by atoms with van der Waals surface area (Å²) < 4.78 is 21.5. The molecule has 44 heavy (non-hydrogen) atoms. The average molecular weight is 595 g/mol. The maximum atomic E-state index is 13.6. The number of aliphatic imine (C=N–C) groups is 1. The molecule has 2 amide bonds. The van der Waals surface area contributed by atoms with Gasteiger partial charge in [-0.2, -0.15) is 0 Å². The predicted octanol–water partition coefficient (Wildman–Crippen LogP) is 5.00. The van der Waals surface area contributed by atoms with Crippen molar-refractivity contribution in [2.24, 2.45) is 4.99 Å². The first-order valence-corrected chi connectivity index (χ1v) is 15.3. The molecule has 2 saturated heterocycles. The molecule has 2 aromatic carbocycles. The standard InChI is InChI=1S/C34H35FN6O3/c1-23-20-27-28(36-22-26-6-4-14-40(26)33(27)42)21-30(23)44-19-5-12-38-15-17-39(18-16-38)34(43)31-29-7-2-3-13-41(29)32(37-31)24-8-10-25(35)11-9-24/h2-3,7-11,13,20-22,26H,4-6,12,14-19H2,1H3/t26-/m0/s1. The summed E-state index contributed by atoms with van der Waals surface area (Å²) in [5.41, 5.74) is 4.17. The van der Waals surface area contributed by atoms with Crippen LogP contribution in [0.25, 0.3) is 16.9 Å². The van der Waals surface area contributed by atoms with E-state index in [0.29, 0.717) is 42.5 Å². The Labute approximate surface area is 255 Å². The van der Waals surface area contributed by atoms with Crippen molar-refractivity contribution in [3.8, 4) is 17.1 Å².